The number of anilines is 12. The van der Waals surface area contributed by atoms with Gasteiger partial charge in [-0.05, 0) is 0 Å². The predicted molar refractivity (Wildman–Crippen MR) is 286 cm³/mol. The summed E-state index contributed by atoms with van der Waals surface area (Å²) in [5, 5.41) is 0. The minimum absolute atomic E-state index is 0.0160. The molecule has 8 heterocycles. The first-order valence-corrected chi connectivity index (χ1v) is 28.1. The van der Waals surface area contributed by atoms with Gasteiger partial charge >= 0.3 is 410 Å². The van der Waals surface area contributed by atoms with E-state index in [9.17, 15) is 0 Å². The number of fused-ring (bicyclic) bond motifs is 15. The molecule has 0 unspecified atom stereocenters. The van der Waals surface area contributed by atoms with Gasteiger partial charge in [-0.3, -0.25) is 0 Å². The zero-order chi connectivity index (χ0) is 43.2. The van der Waals surface area contributed by atoms with Gasteiger partial charge < -0.3 is 0 Å². The third-order valence-electron chi connectivity index (χ3n) is 15.1. The Labute approximate surface area is 407 Å². The van der Waals surface area contributed by atoms with Crippen LogP contribution in [-0.4, -0.2) is 57.8 Å². The molecule has 10 aromatic rings. The fraction of sp³-hybridized carbons (Fsp3) is 0. The van der Waals surface area contributed by atoms with E-state index in [1.807, 2.05) is 0 Å². The molecule has 7 aliphatic heterocycles. The van der Waals surface area contributed by atoms with Crippen molar-refractivity contribution in [2.75, 3.05) is 19.6 Å². The van der Waals surface area contributed by atoms with Crippen LogP contribution in [0.25, 0.3) is 20.0 Å². The molecular weight excluding hydrogens is 1010 g/mol. The summed E-state index contributed by atoms with van der Waals surface area (Å²) in [6.07, 6.45) is 0. The molecule has 0 radical (unpaired) electrons. The Morgan fingerprint density at radius 2 is 0.627 bits per heavy atom. The van der Waals surface area contributed by atoms with E-state index in [-0.39, 0.29) is 57.8 Å². The first-order chi connectivity index (χ1) is 33.3. The molecule has 67 heavy (non-hydrogen) atoms. The van der Waals surface area contributed by atoms with Crippen molar-refractivity contribution < 1.29 is 0 Å². The molecule has 0 saturated carbocycles. The van der Waals surface area contributed by atoms with E-state index in [0.717, 1.165) is 0 Å². The van der Waals surface area contributed by atoms with Gasteiger partial charge in [0.1, 0.15) is 0 Å². The Balaban J connectivity index is 1.03. The quantitative estimate of drug-likeness (QED) is 0.184. The zero-order valence-corrected chi connectivity index (χ0v) is 40.8. The van der Waals surface area contributed by atoms with Crippen molar-refractivity contribution in [2.45, 2.75) is 0 Å². The summed E-state index contributed by atoms with van der Waals surface area (Å²) in [7, 11) is 0. The first-order valence-electron chi connectivity index (χ1n) is 23.0. The van der Waals surface area contributed by atoms with Crippen molar-refractivity contribution in [1.29, 1.82) is 0 Å². The monoisotopic (exact) mass is 1050 g/mol. The van der Waals surface area contributed by atoms with E-state index in [1.54, 1.807) is 0 Å². The SMILES string of the molecule is c1ccc(-c2[se]c(-c3ccccc3)c3c2N2c4cccc5c4B(c4cccc6c4N5c4ccccc4[Se]6)c4ccc5c(c42)N3c2cccc3c2B5c2cccc4c2N3c2ccccc2[Se]4)cc1. The second-order valence-electron chi connectivity index (χ2n) is 18.3. The molecule has 0 saturated heterocycles. The fourth-order valence-electron chi connectivity index (χ4n) is 12.7. The van der Waals surface area contributed by atoms with Crippen molar-refractivity contribution in [3.8, 4) is 20.0 Å². The van der Waals surface area contributed by atoms with Gasteiger partial charge in [0.15, 0.2) is 0 Å². The van der Waals surface area contributed by atoms with Crippen LogP contribution in [0.4, 0.5) is 68.2 Å². The number of benzene rings is 9. The molecule has 0 aliphatic carbocycles. The minimum atomic E-state index is -0.0160. The van der Waals surface area contributed by atoms with Crippen LogP contribution in [0.1, 0.15) is 0 Å². The van der Waals surface area contributed by atoms with Gasteiger partial charge in [-0.25, -0.2) is 0 Å². The molecule has 1 aromatic heterocycles. The normalized spacial score (nSPS) is 14.9. The summed E-state index contributed by atoms with van der Waals surface area (Å²) in [6.45, 7) is 0.142. The molecule has 0 spiro atoms. The first kappa shape index (κ1) is 36.5. The van der Waals surface area contributed by atoms with Crippen molar-refractivity contribution in [3.05, 3.63) is 194 Å². The third kappa shape index (κ3) is 4.50. The Kier molecular flexibility index (Phi) is 7.11. The summed E-state index contributed by atoms with van der Waals surface area (Å²) < 4.78 is 8.67. The van der Waals surface area contributed by atoms with Gasteiger partial charge in [-0.1, -0.05) is 0 Å². The van der Waals surface area contributed by atoms with Crippen LogP contribution in [0.2, 0.25) is 0 Å². The van der Waals surface area contributed by atoms with Crippen LogP contribution < -0.4 is 70.2 Å². The van der Waals surface area contributed by atoms with Gasteiger partial charge in [0, 0.05) is 0 Å². The third-order valence-corrected chi connectivity index (χ3v) is 22.4. The van der Waals surface area contributed by atoms with Crippen molar-refractivity contribution in [2.24, 2.45) is 0 Å². The predicted octanol–water partition coefficient (Wildman–Crippen LogP) is 6.49. The van der Waals surface area contributed by atoms with E-state index >= 15 is 0 Å². The molecule has 0 atom stereocenters. The Morgan fingerprint density at radius 1 is 0.269 bits per heavy atom. The average molecular weight is 1040 g/mol. The molecule has 4 nitrogen and oxygen atoms in total. The van der Waals surface area contributed by atoms with Crippen LogP contribution in [0.15, 0.2) is 194 Å². The number of nitrogens with zero attached hydrogens (tertiary/aromatic N) is 4. The number of hydrogen-bond donors (Lipinski definition) is 0. The van der Waals surface area contributed by atoms with Gasteiger partial charge in [-0.2, -0.15) is 0 Å². The molecule has 308 valence electrons. The summed E-state index contributed by atoms with van der Waals surface area (Å²) in [4.78, 5) is 10.8. The molecule has 0 amide bonds. The summed E-state index contributed by atoms with van der Waals surface area (Å²) in [6, 6.07) is 74.8. The van der Waals surface area contributed by atoms with Crippen LogP contribution >= 0.6 is 0 Å². The summed E-state index contributed by atoms with van der Waals surface area (Å²) >= 11 is 0.395. The van der Waals surface area contributed by atoms with Crippen LogP contribution in [-0.2, 0) is 0 Å². The Bertz CT molecular complexity index is 3640. The van der Waals surface area contributed by atoms with Crippen LogP contribution in [0.3, 0.4) is 0 Å². The number of para-hydroxylation sites is 4. The zero-order valence-electron chi connectivity index (χ0n) is 35.6. The second kappa shape index (κ2) is 13.1. The summed E-state index contributed by atoms with van der Waals surface area (Å²) in [5.74, 6) is 0. The fourth-order valence-corrected chi connectivity index (χ4v) is 20.0. The number of hydrogen-bond acceptors (Lipinski definition) is 4. The van der Waals surface area contributed by atoms with Crippen LogP contribution in [0, 0.1) is 0 Å². The Morgan fingerprint density at radius 3 is 1.09 bits per heavy atom. The van der Waals surface area contributed by atoms with Crippen molar-refractivity contribution in [3.63, 3.8) is 0 Å². The molecule has 7 aliphatic rings. The molecule has 9 heteroatoms. The van der Waals surface area contributed by atoms with E-state index in [1.165, 1.54) is 139 Å². The van der Waals surface area contributed by atoms with E-state index in [4.69, 9.17) is 0 Å². The van der Waals surface area contributed by atoms with Gasteiger partial charge in [0.2, 0.25) is 0 Å². The standard InChI is InChI=1S/C58H32B2N4Se3/c1-3-15-33(16-4-1)57-55-56(58(67-57)34-17-5-2-6-18-34)64-44-26-14-24-42-50(44)60(36-20-12-30-48-52(36)62(42)40-22-8-10-28-46(40)66-48)38-32-31-37-53(54(38)64)63(55)43-25-13-23-41-49(43)59(37)35-19-11-29-47-51(35)61(41)39-21-7-9-27-45(39)65-47/h1-32H. The second-order valence-corrected chi connectivity index (χ2v) is 25.0. The van der Waals surface area contributed by atoms with E-state index < -0.39 is 0 Å². The molecule has 0 fully saturated rings. The topological polar surface area (TPSA) is 13.0 Å². The van der Waals surface area contributed by atoms with Crippen molar-refractivity contribution >= 4 is 177 Å². The van der Waals surface area contributed by atoms with Crippen LogP contribution in [0.5, 0.6) is 0 Å². The van der Waals surface area contributed by atoms with Gasteiger partial charge in [0.05, 0.1) is 0 Å². The van der Waals surface area contributed by atoms with Crippen molar-refractivity contribution in [1.82, 2.24) is 0 Å². The number of rotatable bonds is 2. The van der Waals surface area contributed by atoms with Gasteiger partial charge in [-0.15, -0.1) is 0 Å². The average Bonchev–Trinajstić information content (AvgIpc) is 3.79. The molecule has 9 aromatic carbocycles. The van der Waals surface area contributed by atoms with E-state index in [2.05, 4.69) is 214 Å². The molecule has 0 bridgehead atoms. The molecule has 17 rings (SSSR count). The van der Waals surface area contributed by atoms with E-state index in [0.29, 0.717) is 0 Å². The maximum absolute atomic E-state index is 2.77. The Hall–Kier alpha value is -6.65. The summed E-state index contributed by atoms with van der Waals surface area (Å²) in [5.41, 5.74) is 27.0. The maximum atomic E-state index is 2.77. The van der Waals surface area contributed by atoms with Gasteiger partial charge in [0.25, 0.3) is 0 Å². The molecule has 0 N–H and O–H groups in total. The molecular formula is C58H32B2N4Se3.